The lowest BCUT2D eigenvalue weighted by Gasteiger charge is -2.12. The largest absolute Gasteiger partial charge is 0.274 e. The zero-order valence-corrected chi connectivity index (χ0v) is 32.7. The van der Waals surface area contributed by atoms with Crippen LogP contribution >= 0.6 is 23.2 Å². The second kappa shape index (κ2) is 20.8. The Morgan fingerprint density at radius 2 is 0.926 bits per heavy atom. The van der Waals surface area contributed by atoms with Crippen LogP contribution in [-0.4, -0.2) is 46.5 Å². The number of imide groups is 2. The number of fused-ring (bicyclic) bond motifs is 2. The third-order valence-corrected chi connectivity index (χ3v) is 9.40. The van der Waals surface area contributed by atoms with Crippen LogP contribution < -0.4 is 0 Å². The molecule has 0 radical (unpaired) electrons. The third-order valence-electron chi connectivity index (χ3n) is 8.74. The van der Waals surface area contributed by atoms with Crippen LogP contribution in [0.4, 0.5) is 0 Å². The highest BCUT2D eigenvalue weighted by Crippen LogP contribution is 2.26. The smallest absolute Gasteiger partial charge is 0.261 e. The summed E-state index contributed by atoms with van der Waals surface area (Å²) >= 11 is 11.7. The number of hydrogen-bond acceptors (Lipinski definition) is 4. The molecule has 7 rings (SSSR count). The fourth-order valence-corrected chi connectivity index (χ4v) is 6.35. The Kier molecular flexibility index (Phi) is 16.0. The summed E-state index contributed by atoms with van der Waals surface area (Å²) < 4.78 is 0. The van der Waals surface area contributed by atoms with Crippen molar-refractivity contribution in [1.82, 2.24) is 9.80 Å². The SMILES string of the molecule is C/C=C/c1c(Cl)cccc1Cl.CCCCN1C(=O)c2ccccc2C1=O.CCCN1C(=O)c2ccccc2C1=O.CCc1ccc(-c2ccccc2)cc1. The highest BCUT2D eigenvalue weighted by atomic mass is 35.5. The lowest BCUT2D eigenvalue weighted by atomic mass is 10.0. The molecule has 5 aromatic carbocycles. The fourth-order valence-electron chi connectivity index (χ4n) is 5.82. The minimum absolute atomic E-state index is 0.149. The van der Waals surface area contributed by atoms with Crippen LogP contribution in [0.25, 0.3) is 17.2 Å². The second-order valence-electron chi connectivity index (χ2n) is 12.5. The number of rotatable bonds is 8. The zero-order valence-electron chi connectivity index (χ0n) is 31.2. The Morgan fingerprint density at radius 3 is 1.33 bits per heavy atom. The predicted molar refractivity (Wildman–Crippen MR) is 221 cm³/mol. The van der Waals surface area contributed by atoms with E-state index in [4.69, 9.17) is 23.2 Å². The molecule has 0 unspecified atom stereocenters. The minimum Gasteiger partial charge on any atom is -0.274 e. The maximum atomic E-state index is 11.8. The monoisotopic (exact) mass is 760 g/mol. The van der Waals surface area contributed by atoms with Gasteiger partial charge in [0.1, 0.15) is 0 Å². The molecule has 0 aromatic heterocycles. The van der Waals surface area contributed by atoms with Gasteiger partial charge in [-0.15, -0.1) is 0 Å². The number of nitrogens with zero attached hydrogens (tertiary/aromatic N) is 2. The van der Waals surface area contributed by atoms with Crippen LogP contribution in [0.3, 0.4) is 0 Å². The number of carbonyl (C=O) groups excluding carboxylic acids is 4. The molecule has 6 nitrogen and oxygen atoms in total. The topological polar surface area (TPSA) is 74.8 Å². The van der Waals surface area contributed by atoms with Crippen molar-refractivity contribution in [3.05, 3.63) is 171 Å². The number of benzene rings is 5. The van der Waals surface area contributed by atoms with E-state index in [-0.39, 0.29) is 23.6 Å². The molecule has 2 aliphatic rings. The molecule has 5 aromatic rings. The van der Waals surface area contributed by atoms with Crippen molar-refractivity contribution in [3.8, 4) is 11.1 Å². The molecule has 0 atom stereocenters. The van der Waals surface area contributed by atoms with E-state index in [0.717, 1.165) is 31.2 Å². The fraction of sp³-hybridized carbons (Fsp3) is 0.217. The number of carbonyl (C=O) groups is 4. The van der Waals surface area contributed by atoms with E-state index in [0.29, 0.717) is 45.4 Å². The molecule has 8 heteroatoms. The number of hydrogen-bond donors (Lipinski definition) is 0. The van der Waals surface area contributed by atoms with Gasteiger partial charge in [0.05, 0.1) is 22.3 Å². The number of aryl methyl sites for hydroxylation is 1. The average Bonchev–Trinajstić information content (AvgIpc) is 3.60. The van der Waals surface area contributed by atoms with Gasteiger partial charge in [0.25, 0.3) is 23.6 Å². The summed E-state index contributed by atoms with van der Waals surface area (Å²) in [4.78, 5) is 49.7. The lowest BCUT2D eigenvalue weighted by Crippen LogP contribution is -2.30. The number of halogens is 2. The molecule has 0 saturated heterocycles. The van der Waals surface area contributed by atoms with Crippen molar-refractivity contribution >= 4 is 52.9 Å². The molecule has 278 valence electrons. The van der Waals surface area contributed by atoms with Gasteiger partial charge in [-0.3, -0.25) is 29.0 Å². The standard InChI is InChI=1S/C14H14.C12H13NO2.C11H11NO2.C9H8Cl2/c1-2-12-8-10-14(11-9-12)13-6-4-3-5-7-13;1-2-3-8-13-11(14)9-6-4-5-7-10(9)12(13)15;1-2-7-12-10(13)8-5-3-4-6-9(8)11(12)14;1-2-4-7-8(10)5-3-6-9(7)11/h3-11H,2H2,1H3;4-7H,2-3,8H2,1H3;3-6H,2,7H2,1H3;2-6H,1H3/b;;;4-2+. The Balaban J connectivity index is 0.000000161. The summed E-state index contributed by atoms with van der Waals surface area (Å²) in [6.07, 6.45) is 7.55. The van der Waals surface area contributed by atoms with E-state index < -0.39 is 0 Å². The highest BCUT2D eigenvalue weighted by Gasteiger charge is 2.35. The quantitative estimate of drug-likeness (QED) is 0.148. The maximum Gasteiger partial charge on any atom is 0.261 e. The van der Waals surface area contributed by atoms with Gasteiger partial charge in [-0.2, -0.15) is 0 Å². The summed E-state index contributed by atoms with van der Waals surface area (Å²) in [7, 11) is 0. The Bertz CT molecular complexity index is 1990. The zero-order chi connectivity index (χ0) is 39.0. The van der Waals surface area contributed by atoms with Gasteiger partial charge in [0.15, 0.2) is 0 Å². The van der Waals surface area contributed by atoms with Gasteiger partial charge < -0.3 is 0 Å². The average molecular weight is 762 g/mol. The third kappa shape index (κ3) is 10.4. The van der Waals surface area contributed by atoms with Crippen molar-refractivity contribution < 1.29 is 19.2 Å². The van der Waals surface area contributed by atoms with E-state index in [1.165, 1.54) is 26.5 Å². The minimum atomic E-state index is -0.160. The first kappa shape index (κ1) is 41.5. The molecular formula is C46H46Cl2N2O4. The summed E-state index contributed by atoms with van der Waals surface area (Å²) in [6.45, 7) is 9.13. The van der Waals surface area contributed by atoms with Gasteiger partial charge in [-0.05, 0) is 79.3 Å². The summed E-state index contributed by atoms with van der Waals surface area (Å²) in [6, 6.07) is 38.7. The first-order chi connectivity index (χ1) is 26.2. The number of allylic oxidation sites excluding steroid dienone is 1. The molecule has 4 amide bonds. The van der Waals surface area contributed by atoms with E-state index >= 15 is 0 Å². The Hall–Kier alpha value is -5.30. The van der Waals surface area contributed by atoms with Crippen LogP contribution in [-0.2, 0) is 6.42 Å². The molecule has 0 aliphatic carbocycles. The molecule has 0 bridgehead atoms. The van der Waals surface area contributed by atoms with E-state index in [1.807, 2.05) is 57.2 Å². The molecule has 2 aliphatic heterocycles. The van der Waals surface area contributed by atoms with E-state index in [1.54, 1.807) is 48.5 Å². The molecular weight excluding hydrogens is 715 g/mol. The molecule has 0 N–H and O–H groups in total. The van der Waals surface area contributed by atoms with Crippen LogP contribution in [0.5, 0.6) is 0 Å². The van der Waals surface area contributed by atoms with Crippen molar-refractivity contribution in [2.45, 2.75) is 53.4 Å². The van der Waals surface area contributed by atoms with Gasteiger partial charge in [-0.1, -0.05) is 147 Å². The Morgan fingerprint density at radius 1 is 0.500 bits per heavy atom. The molecule has 2 heterocycles. The van der Waals surface area contributed by atoms with Crippen LogP contribution in [0.1, 0.15) is 99.5 Å². The molecule has 54 heavy (non-hydrogen) atoms. The maximum absolute atomic E-state index is 11.8. The van der Waals surface area contributed by atoms with Crippen LogP contribution in [0.15, 0.2) is 127 Å². The number of unbranched alkanes of at least 4 members (excludes halogenated alkanes) is 1. The van der Waals surface area contributed by atoms with Crippen LogP contribution in [0, 0.1) is 0 Å². The first-order valence-corrected chi connectivity index (χ1v) is 19.0. The first-order valence-electron chi connectivity index (χ1n) is 18.3. The molecule has 0 fully saturated rings. The highest BCUT2D eigenvalue weighted by molar-refractivity contribution is 6.37. The predicted octanol–water partition coefficient (Wildman–Crippen LogP) is 11.7. The van der Waals surface area contributed by atoms with Crippen molar-refractivity contribution in [1.29, 1.82) is 0 Å². The molecule has 0 spiro atoms. The van der Waals surface area contributed by atoms with E-state index in [2.05, 4.69) is 55.5 Å². The van der Waals surface area contributed by atoms with Gasteiger partial charge in [0, 0.05) is 28.7 Å². The van der Waals surface area contributed by atoms with Crippen molar-refractivity contribution in [2.24, 2.45) is 0 Å². The normalized spacial score (nSPS) is 12.7. The lowest BCUT2D eigenvalue weighted by molar-refractivity contribution is 0.0637. The van der Waals surface area contributed by atoms with Gasteiger partial charge in [0.2, 0.25) is 0 Å². The second-order valence-corrected chi connectivity index (χ2v) is 13.3. The number of amides is 4. The summed E-state index contributed by atoms with van der Waals surface area (Å²) in [5.74, 6) is -0.618. The van der Waals surface area contributed by atoms with E-state index in [9.17, 15) is 19.2 Å². The van der Waals surface area contributed by atoms with Crippen molar-refractivity contribution in [3.63, 3.8) is 0 Å². The molecule has 0 saturated carbocycles. The summed E-state index contributed by atoms with van der Waals surface area (Å²) in [5.41, 5.74) is 7.01. The summed E-state index contributed by atoms with van der Waals surface area (Å²) in [5, 5.41) is 1.38. The van der Waals surface area contributed by atoms with Crippen molar-refractivity contribution in [2.75, 3.05) is 13.1 Å². The van der Waals surface area contributed by atoms with Crippen LogP contribution in [0.2, 0.25) is 10.0 Å². The Labute approximate surface area is 329 Å². The van der Waals surface area contributed by atoms with Gasteiger partial charge >= 0.3 is 0 Å². The van der Waals surface area contributed by atoms with Gasteiger partial charge in [-0.25, -0.2) is 0 Å².